The van der Waals surface area contributed by atoms with E-state index < -0.39 is 5.97 Å². The molecule has 0 unspecified atom stereocenters. The minimum atomic E-state index is -0.937. The Morgan fingerprint density at radius 2 is 2.20 bits per heavy atom. The molecule has 0 amide bonds. The fourth-order valence-electron chi connectivity index (χ4n) is 1.33. The molecule has 0 aliphatic carbocycles. The normalized spacial score (nSPS) is 10.3. The number of aliphatic hydroxyl groups excluding tert-OH is 1. The van der Waals surface area contributed by atoms with Crippen LogP contribution in [0, 0.1) is 6.92 Å². The lowest BCUT2D eigenvalue weighted by atomic mass is 10.0. The highest BCUT2D eigenvalue weighted by Crippen LogP contribution is 2.25. The molecule has 82 valence electrons. The van der Waals surface area contributed by atoms with Crippen LogP contribution in [0.25, 0.3) is 0 Å². The molecule has 0 aliphatic rings. The number of aryl methyl sites for hydroxylation is 1. The predicted octanol–water partition coefficient (Wildman–Crippen LogP) is 0.605. The molecule has 1 rings (SSSR count). The first-order valence-corrected chi connectivity index (χ1v) is 4.55. The SMILES string of the molecule is Cc1ncc(CO)c(CCC(=O)O)c1O. The first-order chi connectivity index (χ1) is 7.06. The molecule has 0 saturated carbocycles. The first kappa shape index (κ1) is 11.5. The van der Waals surface area contributed by atoms with Crippen LogP contribution >= 0.6 is 0 Å². The number of aliphatic hydroxyl groups is 1. The second-order valence-electron chi connectivity index (χ2n) is 3.25. The van der Waals surface area contributed by atoms with Crippen LogP contribution < -0.4 is 0 Å². The van der Waals surface area contributed by atoms with Crippen molar-refractivity contribution < 1.29 is 20.1 Å². The molecule has 0 saturated heterocycles. The zero-order valence-corrected chi connectivity index (χ0v) is 8.40. The van der Waals surface area contributed by atoms with Crippen molar-refractivity contribution in [3.8, 4) is 5.75 Å². The summed E-state index contributed by atoms with van der Waals surface area (Å²) >= 11 is 0. The van der Waals surface area contributed by atoms with Crippen LogP contribution in [-0.4, -0.2) is 26.3 Å². The molecule has 0 radical (unpaired) electrons. The Labute approximate surface area is 87.0 Å². The van der Waals surface area contributed by atoms with Crippen LogP contribution in [-0.2, 0) is 17.8 Å². The largest absolute Gasteiger partial charge is 0.506 e. The van der Waals surface area contributed by atoms with E-state index in [4.69, 9.17) is 10.2 Å². The smallest absolute Gasteiger partial charge is 0.303 e. The standard InChI is InChI=1S/C10H13NO4/c1-6-10(15)8(2-3-9(13)14)7(5-12)4-11-6/h4,12,15H,2-3,5H2,1H3,(H,13,14). The molecule has 0 bridgehead atoms. The van der Waals surface area contributed by atoms with Gasteiger partial charge in [0.2, 0.25) is 0 Å². The maximum absolute atomic E-state index is 10.4. The number of pyridine rings is 1. The van der Waals surface area contributed by atoms with Gasteiger partial charge in [0, 0.05) is 23.7 Å². The van der Waals surface area contributed by atoms with Crippen molar-refractivity contribution in [2.24, 2.45) is 0 Å². The summed E-state index contributed by atoms with van der Waals surface area (Å²) in [6.45, 7) is 1.37. The van der Waals surface area contributed by atoms with Crippen LogP contribution in [0.5, 0.6) is 5.75 Å². The average molecular weight is 211 g/mol. The number of carboxylic acid groups (broad SMARTS) is 1. The topological polar surface area (TPSA) is 90.7 Å². The molecule has 1 aromatic heterocycles. The molecular formula is C10H13NO4. The van der Waals surface area contributed by atoms with Crippen LogP contribution in [0.3, 0.4) is 0 Å². The van der Waals surface area contributed by atoms with E-state index in [0.29, 0.717) is 16.8 Å². The maximum Gasteiger partial charge on any atom is 0.303 e. The lowest BCUT2D eigenvalue weighted by Crippen LogP contribution is -2.03. The van der Waals surface area contributed by atoms with E-state index >= 15 is 0 Å². The zero-order chi connectivity index (χ0) is 11.4. The number of rotatable bonds is 4. The summed E-state index contributed by atoms with van der Waals surface area (Å²) in [5.74, 6) is -0.962. The third kappa shape index (κ3) is 2.66. The van der Waals surface area contributed by atoms with Crippen LogP contribution in [0.4, 0.5) is 0 Å². The van der Waals surface area contributed by atoms with Gasteiger partial charge in [-0.3, -0.25) is 9.78 Å². The summed E-state index contributed by atoms with van der Waals surface area (Å²) in [5.41, 5.74) is 1.37. The number of aromatic hydroxyl groups is 1. The minimum Gasteiger partial charge on any atom is -0.506 e. The van der Waals surface area contributed by atoms with Crippen molar-refractivity contribution in [2.75, 3.05) is 0 Å². The van der Waals surface area contributed by atoms with Gasteiger partial charge in [0.25, 0.3) is 0 Å². The van der Waals surface area contributed by atoms with E-state index in [2.05, 4.69) is 4.98 Å². The van der Waals surface area contributed by atoms with Crippen molar-refractivity contribution >= 4 is 5.97 Å². The van der Waals surface area contributed by atoms with E-state index in [1.54, 1.807) is 6.92 Å². The summed E-state index contributed by atoms with van der Waals surface area (Å²) in [5, 5.41) is 27.2. The van der Waals surface area contributed by atoms with Crippen LogP contribution in [0.1, 0.15) is 23.2 Å². The Kier molecular flexibility index (Phi) is 3.62. The molecule has 0 spiro atoms. The summed E-state index contributed by atoms with van der Waals surface area (Å²) < 4.78 is 0. The number of carbonyl (C=O) groups is 1. The minimum absolute atomic E-state index is 0.0252. The highest BCUT2D eigenvalue weighted by atomic mass is 16.4. The van der Waals surface area contributed by atoms with Gasteiger partial charge in [-0.25, -0.2) is 0 Å². The van der Waals surface area contributed by atoms with Crippen molar-refractivity contribution in [2.45, 2.75) is 26.4 Å². The molecule has 5 nitrogen and oxygen atoms in total. The third-order valence-electron chi connectivity index (χ3n) is 2.19. The van der Waals surface area contributed by atoms with Crippen LogP contribution in [0.15, 0.2) is 6.20 Å². The van der Waals surface area contributed by atoms with E-state index in [-0.39, 0.29) is 25.2 Å². The molecule has 0 atom stereocenters. The summed E-state index contributed by atoms with van der Waals surface area (Å²) in [4.78, 5) is 14.3. The average Bonchev–Trinajstić information content (AvgIpc) is 2.20. The number of aliphatic carboxylic acids is 1. The third-order valence-corrected chi connectivity index (χ3v) is 2.19. The summed E-state index contributed by atoms with van der Waals surface area (Å²) in [6.07, 6.45) is 1.57. The molecule has 1 aromatic rings. The molecule has 0 aromatic carbocycles. The van der Waals surface area contributed by atoms with Gasteiger partial charge in [0.15, 0.2) is 0 Å². The van der Waals surface area contributed by atoms with Gasteiger partial charge in [-0.15, -0.1) is 0 Å². The maximum atomic E-state index is 10.4. The molecule has 3 N–H and O–H groups in total. The van der Waals surface area contributed by atoms with E-state index in [1.807, 2.05) is 0 Å². The lowest BCUT2D eigenvalue weighted by molar-refractivity contribution is -0.136. The highest BCUT2D eigenvalue weighted by molar-refractivity contribution is 5.67. The molecular weight excluding hydrogens is 198 g/mol. The van der Waals surface area contributed by atoms with E-state index in [9.17, 15) is 9.90 Å². The quantitative estimate of drug-likeness (QED) is 0.678. The number of carboxylic acids is 1. The number of hydrogen-bond donors (Lipinski definition) is 3. The molecule has 1 heterocycles. The van der Waals surface area contributed by atoms with Gasteiger partial charge in [-0.05, 0) is 13.3 Å². The van der Waals surface area contributed by atoms with E-state index in [0.717, 1.165) is 0 Å². The van der Waals surface area contributed by atoms with Crippen molar-refractivity contribution in [3.63, 3.8) is 0 Å². The second-order valence-corrected chi connectivity index (χ2v) is 3.25. The Morgan fingerprint density at radius 1 is 1.53 bits per heavy atom. The van der Waals surface area contributed by atoms with Gasteiger partial charge in [-0.2, -0.15) is 0 Å². The lowest BCUT2D eigenvalue weighted by Gasteiger charge is -2.09. The Morgan fingerprint density at radius 3 is 2.73 bits per heavy atom. The van der Waals surface area contributed by atoms with Gasteiger partial charge >= 0.3 is 5.97 Å². The fourth-order valence-corrected chi connectivity index (χ4v) is 1.33. The Hall–Kier alpha value is -1.62. The van der Waals surface area contributed by atoms with E-state index in [1.165, 1.54) is 6.20 Å². The Bertz CT molecular complexity index is 376. The first-order valence-electron chi connectivity index (χ1n) is 4.55. The summed E-state index contributed by atoms with van der Waals surface area (Å²) in [7, 11) is 0. The number of aromatic nitrogens is 1. The van der Waals surface area contributed by atoms with Crippen molar-refractivity contribution in [3.05, 3.63) is 23.0 Å². The van der Waals surface area contributed by atoms with Crippen molar-refractivity contribution in [1.82, 2.24) is 4.98 Å². The van der Waals surface area contributed by atoms with Crippen molar-refractivity contribution in [1.29, 1.82) is 0 Å². The highest BCUT2D eigenvalue weighted by Gasteiger charge is 2.12. The zero-order valence-electron chi connectivity index (χ0n) is 8.40. The molecule has 0 fully saturated rings. The number of hydrogen-bond acceptors (Lipinski definition) is 4. The molecule has 0 aliphatic heterocycles. The number of nitrogens with zero attached hydrogens (tertiary/aromatic N) is 1. The molecule has 15 heavy (non-hydrogen) atoms. The van der Waals surface area contributed by atoms with Gasteiger partial charge in [0.1, 0.15) is 5.75 Å². The van der Waals surface area contributed by atoms with Crippen LogP contribution in [0.2, 0.25) is 0 Å². The van der Waals surface area contributed by atoms with Gasteiger partial charge < -0.3 is 15.3 Å². The van der Waals surface area contributed by atoms with Gasteiger partial charge in [0.05, 0.1) is 12.3 Å². The fraction of sp³-hybridized carbons (Fsp3) is 0.400. The summed E-state index contributed by atoms with van der Waals surface area (Å²) in [6, 6.07) is 0. The predicted molar refractivity (Wildman–Crippen MR) is 52.5 cm³/mol. The molecule has 5 heteroatoms. The Balaban J connectivity index is 3.01. The van der Waals surface area contributed by atoms with Gasteiger partial charge in [-0.1, -0.05) is 0 Å². The second kappa shape index (κ2) is 4.75. The monoisotopic (exact) mass is 211 g/mol.